The van der Waals surface area contributed by atoms with Crippen LogP contribution < -0.4 is 5.32 Å². The van der Waals surface area contributed by atoms with E-state index in [1.54, 1.807) is 25.6 Å². The minimum Gasteiger partial charge on any atom is -0.507 e. The molecule has 0 radical (unpaired) electrons. The Bertz CT molecular complexity index is 1230. The summed E-state index contributed by atoms with van der Waals surface area (Å²) >= 11 is 0. The molecule has 146 valence electrons. The molecule has 0 fully saturated rings. The van der Waals surface area contributed by atoms with Gasteiger partial charge in [-0.15, -0.1) is 0 Å². The number of aromatic nitrogens is 2. The first-order valence-corrected chi connectivity index (χ1v) is 8.56. The van der Waals surface area contributed by atoms with Gasteiger partial charge in [0.2, 0.25) is 0 Å². The molecule has 0 aliphatic heterocycles. The highest BCUT2D eigenvalue weighted by atomic mass is 16.6. The Balaban J connectivity index is 2.05. The Morgan fingerprint density at radius 2 is 2.07 bits per heavy atom. The van der Waals surface area contributed by atoms with E-state index >= 15 is 0 Å². The summed E-state index contributed by atoms with van der Waals surface area (Å²) in [6.07, 6.45) is 1.26. The number of benzene rings is 2. The first-order valence-electron chi connectivity index (χ1n) is 8.56. The zero-order valence-corrected chi connectivity index (χ0v) is 15.9. The Labute approximate surface area is 165 Å². The molecule has 0 saturated carbocycles. The number of nitriles is 1. The maximum absolute atomic E-state index is 12.6. The molecule has 3 aromatic rings. The summed E-state index contributed by atoms with van der Waals surface area (Å²) in [5, 5.41) is 38.6. The van der Waals surface area contributed by atoms with Crippen LogP contribution in [0.4, 0.5) is 11.4 Å². The van der Waals surface area contributed by atoms with Gasteiger partial charge in [0.05, 0.1) is 22.0 Å². The number of fused-ring (bicyclic) bond motifs is 1. The third kappa shape index (κ3) is 3.64. The second-order valence-corrected chi connectivity index (χ2v) is 6.45. The third-order valence-corrected chi connectivity index (χ3v) is 4.63. The molecule has 2 N–H and O–H groups in total. The number of phenols is 1. The van der Waals surface area contributed by atoms with Crippen LogP contribution in [0.1, 0.15) is 17.0 Å². The van der Waals surface area contributed by atoms with Crippen LogP contribution in [0.15, 0.2) is 35.9 Å². The summed E-state index contributed by atoms with van der Waals surface area (Å²) in [4.78, 5) is 23.1. The quantitative estimate of drug-likeness (QED) is 0.303. The van der Waals surface area contributed by atoms with E-state index in [1.807, 2.05) is 6.07 Å². The summed E-state index contributed by atoms with van der Waals surface area (Å²) in [7, 11) is 1.74. The van der Waals surface area contributed by atoms with Crippen LogP contribution in [-0.4, -0.2) is 25.7 Å². The number of nitro benzene ring substituents is 1. The highest BCUT2D eigenvalue weighted by Crippen LogP contribution is 2.31. The van der Waals surface area contributed by atoms with E-state index in [0.717, 1.165) is 5.69 Å². The fraction of sp³-hybridized carbons (Fsp3) is 0.150. The van der Waals surface area contributed by atoms with Crippen molar-refractivity contribution in [3.8, 4) is 11.8 Å². The lowest BCUT2D eigenvalue weighted by molar-refractivity contribution is -0.384. The van der Waals surface area contributed by atoms with Gasteiger partial charge in [-0.05, 0) is 42.8 Å². The Morgan fingerprint density at radius 3 is 2.66 bits per heavy atom. The molecule has 9 heteroatoms. The van der Waals surface area contributed by atoms with E-state index in [0.29, 0.717) is 22.2 Å². The van der Waals surface area contributed by atoms with Crippen molar-refractivity contribution >= 4 is 34.1 Å². The van der Waals surface area contributed by atoms with Crippen LogP contribution in [0.5, 0.6) is 5.75 Å². The fourth-order valence-corrected chi connectivity index (χ4v) is 3.02. The minimum atomic E-state index is -0.648. The first kappa shape index (κ1) is 19.6. The van der Waals surface area contributed by atoms with Gasteiger partial charge in [-0.25, -0.2) is 0 Å². The number of hydrogen-bond donors (Lipinski definition) is 2. The summed E-state index contributed by atoms with van der Waals surface area (Å²) in [6, 6.07) is 8.87. The molecule has 0 unspecified atom stereocenters. The van der Waals surface area contributed by atoms with Crippen molar-refractivity contribution in [3.63, 3.8) is 0 Å². The smallest absolute Gasteiger partial charge is 0.270 e. The van der Waals surface area contributed by atoms with E-state index in [-0.39, 0.29) is 22.6 Å². The maximum atomic E-state index is 12.6. The number of nitrogens with zero attached hydrogens (tertiary/aromatic N) is 4. The second-order valence-electron chi connectivity index (χ2n) is 6.45. The number of amides is 1. The molecule has 3 rings (SSSR count). The van der Waals surface area contributed by atoms with Crippen LogP contribution in [0.25, 0.3) is 16.8 Å². The van der Waals surface area contributed by atoms with Crippen LogP contribution in [0.3, 0.4) is 0 Å². The molecule has 0 bridgehead atoms. The number of rotatable bonds is 4. The zero-order chi connectivity index (χ0) is 21.3. The lowest BCUT2D eigenvalue weighted by Crippen LogP contribution is -2.14. The second kappa shape index (κ2) is 7.44. The molecule has 0 aliphatic carbocycles. The zero-order valence-electron chi connectivity index (χ0n) is 15.9. The third-order valence-electron chi connectivity index (χ3n) is 4.63. The average molecular weight is 391 g/mol. The Hall–Kier alpha value is -4.19. The molecule has 1 heterocycles. The van der Waals surface area contributed by atoms with Gasteiger partial charge < -0.3 is 10.4 Å². The number of aromatic hydroxyl groups is 1. The number of aryl methyl sites for hydroxylation is 2. The minimum absolute atomic E-state index is 0.0982. The Morgan fingerprint density at radius 1 is 1.34 bits per heavy atom. The van der Waals surface area contributed by atoms with Gasteiger partial charge in [0.15, 0.2) is 0 Å². The van der Waals surface area contributed by atoms with Crippen molar-refractivity contribution in [1.82, 2.24) is 9.78 Å². The average Bonchev–Trinajstić information content (AvgIpc) is 2.92. The van der Waals surface area contributed by atoms with Gasteiger partial charge in [0, 0.05) is 24.7 Å². The van der Waals surface area contributed by atoms with E-state index in [4.69, 9.17) is 0 Å². The van der Waals surface area contributed by atoms with Crippen molar-refractivity contribution in [2.24, 2.45) is 7.05 Å². The topological polar surface area (TPSA) is 134 Å². The van der Waals surface area contributed by atoms with Gasteiger partial charge in [-0.3, -0.25) is 19.6 Å². The summed E-state index contributed by atoms with van der Waals surface area (Å²) in [5.74, 6) is -0.800. The number of anilines is 1. The summed E-state index contributed by atoms with van der Waals surface area (Å²) < 4.78 is 1.62. The van der Waals surface area contributed by atoms with Gasteiger partial charge >= 0.3 is 0 Å². The van der Waals surface area contributed by atoms with E-state index < -0.39 is 10.8 Å². The maximum Gasteiger partial charge on any atom is 0.270 e. The van der Waals surface area contributed by atoms with Crippen molar-refractivity contribution in [2.45, 2.75) is 13.8 Å². The lowest BCUT2D eigenvalue weighted by atomic mass is 10.0. The molecule has 9 nitrogen and oxygen atoms in total. The van der Waals surface area contributed by atoms with Crippen LogP contribution in [0, 0.1) is 35.3 Å². The Kier molecular flexibility index (Phi) is 5.02. The van der Waals surface area contributed by atoms with Gasteiger partial charge in [0.1, 0.15) is 17.4 Å². The van der Waals surface area contributed by atoms with Crippen molar-refractivity contribution in [2.75, 3.05) is 5.32 Å². The number of carbonyl (C=O) groups excluding carboxylic acids is 1. The molecule has 2 aromatic carbocycles. The fourth-order valence-electron chi connectivity index (χ4n) is 3.02. The molecule has 0 saturated heterocycles. The van der Waals surface area contributed by atoms with Crippen molar-refractivity contribution in [3.05, 3.63) is 63.0 Å². The molecular weight excluding hydrogens is 374 g/mol. The predicted molar refractivity (Wildman–Crippen MR) is 107 cm³/mol. The van der Waals surface area contributed by atoms with Gasteiger partial charge in [0.25, 0.3) is 11.6 Å². The van der Waals surface area contributed by atoms with Gasteiger partial charge in [-0.1, -0.05) is 6.07 Å². The molecule has 0 aliphatic rings. The number of carbonyl (C=O) groups is 1. The van der Waals surface area contributed by atoms with Gasteiger partial charge in [-0.2, -0.15) is 10.4 Å². The van der Waals surface area contributed by atoms with Crippen LogP contribution in [0.2, 0.25) is 0 Å². The summed E-state index contributed by atoms with van der Waals surface area (Å²) in [6.45, 7) is 3.52. The monoisotopic (exact) mass is 391 g/mol. The molecular formula is C20H17N5O4. The number of non-ortho nitro benzene ring substituents is 1. The lowest BCUT2D eigenvalue weighted by Gasteiger charge is -2.08. The molecule has 1 amide bonds. The van der Waals surface area contributed by atoms with Crippen molar-refractivity contribution < 1.29 is 14.8 Å². The van der Waals surface area contributed by atoms with E-state index in [1.165, 1.54) is 36.4 Å². The van der Waals surface area contributed by atoms with E-state index in [2.05, 4.69) is 10.4 Å². The van der Waals surface area contributed by atoms with Crippen molar-refractivity contribution in [1.29, 1.82) is 5.26 Å². The largest absolute Gasteiger partial charge is 0.507 e. The molecule has 1 aromatic heterocycles. The predicted octanol–water partition coefficient (Wildman–Crippen LogP) is 3.35. The molecule has 0 atom stereocenters. The molecule has 0 spiro atoms. The normalized spacial score (nSPS) is 11.3. The number of phenolic OH excluding ortho intramolecular Hbond substituents is 1. The number of hydrogen-bond acceptors (Lipinski definition) is 6. The highest BCUT2D eigenvalue weighted by molar-refractivity contribution is 6.11. The number of nitro groups is 1. The molecule has 29 heavy (non-hydrogen) atoms. The van der Waals surface area contributed by atoms with Crippen LogP contribution >= 0.6 is 0 Å². The highest BCUT2D eigenvalue weighted by Gasteiger charge is 2.17. The van der Waals surface area contributed by atoms with Crippen LogP contribution in [-0.2, 0) is 11.8 Å². The standard InChI is InChI=1S/C20H17N5O4/c1-11-19(12(2)24(3)23-11)22-20(27)14(10-21)9-17-16-6-5-15(25(28)29)8-13(16)4-7-18(17)26/h4-9,26H,1-3H3,(H,22,27). The summed E-state index contributed by atoms with van der Waals surface area (Å²) in [5.41, 5.74) is 1.75. The first-order chi connectivity index (χ1) is 13.7. The number of nitrogens with one attached hydrogen (secondary N) is 1. The SMILES string of the molecule is Cc1nn(C)c(C)c1NC(=O)C(C#N)=Cc1c(O)ccc2cc([N+](=O)[O-])ccc12. The van der Waals surface area contributed by atoms with E-state index in [9.17, 15) is 25.3 Å².